The third kappa shape index (κ3) is 3.01. The van der Waals surface area contributed by atoms with Gasteiger partial charge in [0, 0.05) is 26.2 Å². The van der Waals surface area contributed by atoms with E-state index in [4.69, 9.17) is 9.47 Å². The number of hydrogen-bond donors (Lipinski definition) is 0. The van der Waals surface area contributed by atoms with Crippen molar-refractivity contribution in [2.24, 2.45) is 0 Å². The predicted molar refractivity (Wildman–Crippen MR) is 87.2 cm³/mol. The number of morpholine rings is 2. The summed E-state index contributed by atoms with van der Waals surface area (Å²) in [6, 6.07) is 3.91. The number of rotatable bonds is 2. The molecule has 0 aliphatic carbocycles. The van der Waals surface area contributed by atoms with Crippen LogP contribution in [0.1, 0.15) is 9.80 Å². The van der Waals surface area contributed by atoms with Gasteiger partial charge in [0.1, 0.15) is 16.2 Å². The van der Waals surface area contributed by atoms with Crippen molar-refractivity contribution in [3.63, 3.8) is 0 Å². The topological polar surface area (TPSA) is 67.8 Å². The number of fused-ring (bicyclic) bond motifs is 1. The molecule has 2 aliphatic heterocycles. The Hall–Kier alpha value is -1.77. The number of thiazole rings is 1. The van der Waals surface area contributed by atoms with Crippen LogP contribution >= 0.6 is 11.3 Å². The molecular weight excluding hydrogens is 316 g/mol. The molecule has 122 valence electrons. The Morgan fingerprint density at radius 2 is 1.70 bits per heavy atom. The molecule has 0 unspecified atom stereocenters. The Morgan fingerprint density at radius 3 is 2.43 bits per heavy atom. The molecule has 23 heavy (non-hydrogen) atoms. The van der Waals surface area contributed by atoms with Gasteiger partial charge in [-0.1, -0.05) is 11.3 Å². The maximum absolute atomic E-state index is 12.5. The Balaban J connectivity index is 1.58. The third-order valence-electron chi connectivity index (χ3n) is 4.06. The Kier molecular flexibility index (Phi) is 4.11. The molecule has 0 N–H and O–H groups in total. The van der Waals surface area contributed by atoms with E-state index in [9.17, 15) is 4.79 Å². The third-order valence-corrected chi connectivity index (χ3v) is 5.01. The molecule has 4 heterocycles. The molecule has 0 aromatic carbocycles. The van der Waals surface area contributed by atoms with E-state index in [0.717, 1.165) is 42.5 Å². The number of aromatic nitrogens is 2. The summed E-state index contributed by atoms with van der Waals surface area (Å²) < 4.78 is 10.7. The minimum atomic E-state index is -0.0239. The zero-order valence-electron chi connectivity index (χ0n) is 12.7. The van der Waals surface area contributed by atoms with Gasteiger partial charge in [0.2, 0.25) is 0 Å². The van der Waals surface area contributed by atoms with Crippen LogP contribution in [0.25, 0.3) is 10.3 Å². The first kappa shape index (κ1) is 14.8. The summed E-state index contributed by atoms with van der Waals surface area (Å²) in [5, 5.41) is 0.508. The lowest BCUT2D eigenvalue weighted by Gasteiger charge is -2.27. The molecule has 4 rings (SSSR count). The molecule has 2 aliphatic rings. The molecule has 2 saturated heterocycles. The fraction of sp³-hybridized carbons (Fsp3) is 0.533. The summed E-state index contributed by atoms with van der Waals surface area (Å²) in [7, 11) is 0. The van der Waals surface area contributed by atoms with Crippen LogP contribution in [-0.4, -0.2) is 73.4 Å². The van der Waals surface area contributed by atoms with Crippen molar-refractivity contribution in [2.75, 3.05) is 57.5 Å². The maximum Gasteiger partial charge on any atom is 0.283 e. The van der Waals surface area contributed by atoms with Gasteiger partial charge in [0.15, 0.2) is 5.01 Å². The van der Waals surface area contributed by atoms with Crippen molar-refractivity contribution in [2.45, 2.75) is 0 Å². The Morgan fingerprint density at radius 1 is 1.00 bits per heavy atom. The van der Waals surface area contributed by atoms with Crippen LogP contribution in [0.5, 0.6) is 0 Å². The fourth-order valence-electron chi connectivity index (χ4n) is 2.77. The largest absolute Gasteiger partial charge is 0.378 e. The van der Waals surface area contributed by atoms with Crippen molar-refractivity contribution < 1.29 is 14.3 Å². The molecule has 0 bridgehead atoms. The molecular formula is C15H18N4O3S. The monoisotopic (exact) mass is 334 g/mol. The van der Waals surface area contributed by atoms with Crippen molar-refractivity contribution in [3.8, 4) is 0 Å². The van der Waals surface area contributed by atoms with E-state index in [1.807, 2.05) is 12.1 Å². The molecule has 0 spiro atoms. The van der Waals surface area contributed by atoms with E-state index in [1.165, 1.54) is 11.3 Å². The van der Waals surface area contributed by atoms with Crippen LogP contribution in [0.4, 0.5) is 5.82 Å². The molecule has 0 saturated carbocycles. The van der Waals surface area contributed by atoms with Gasteiger partial charge in [-0.15, -0.1) is 0 Å². The van der Waals surface area contributed by atoms with Gasteiger partial charge in [0.05, 0.1) is 26.4 Å². The first-order chi connectivity index (χ1) is 11.3. The molecule has 0 atom stereocenters. The van der Waals surface area contributed by atoms with Crippen molar-refractivity contribution in [1.29, 1.82) is 0 Å². The minimum absolute atomic E-state index is 0.0239. The van der Waals surface area contributed by atoms with E-state index in [1.54, 1.807) is 4.90 Å². The van der Waals surface area contributed by atoms with E-state index in [-0.39, 0.29) is 5.91 Å². The van der Waals surface area contributed by atoms with Gasteiger partial charge in [-0.2, -0.15) is 0 Å². The SMILES string of the molecule is O=C(c1nc2ccc(N3CCOCC3)nc2s1)N1CCOCC1. The predicted octanol–water partition coefficient (Wildman–Crippen LogP) is 1.00. The summed E-state index contributed by atoms with van der Waals surface area (Å²) in [6.07, 6.45) is 0. The van der Waals surface area contributed by atoms with Crippen molar-refractivity contribution in [3.05, 3.63) is 17.1 Å². The van der Waals surface area contributed by atoms with Crippen LogP contribution in [0.2, 0.25) is 0 Å². The highest BCUT2D eigenvalue weighted by molar-refractivity contribution is 7.19. The second-order valence-corrected chi connectivity index (χ2v) is 6.49. The molecule has 2 aromatic rings. The number of pyridine rings is 1. The highest BCUT2D eigenvalue weighted by Crippen LogP contribution is 2.25. The summed E-state index contributed by atoms with van der Waals surface area (Å²) >= 11 is 1.37. The van der Waals surface area contributed by atoms with E-state index in [0.29, 0.717) is 31.3 Å². The van der Waals surface area contributed by atoms with Gasteiger partial charge in [-0.25, -0.2) is 9.97 Å². The van der Waals surface area contributed by atoms with E-state index in [2.05, 4.69) is 14.9 Å². The standard InChI is InChI=1S/C15H18N4O3S/c20-15(19-5-9-22-10-6-19)14-16-11-1-2-12(17-13(11)23-14)18-3-7-21-8-4-18/h1-2H,3-10H2. The lowest BCUT2D eigenvalue weighted by atomic mass is 10.3. The average Bonchev–Trinajstić information content (AvgIpc) is 3.06. The van der Waals surface area contributed by atoms with Crippen LogP contribution in [-0.2, 0) is 9.47 Å². The quantitative estimate of drug-likeness (QED) is 0.816. The average molecular weight is 334 g/mol. The molecule has 2 fully saturated rings. The maximum atomic E-state index is 12.5. The molecule has 1 amide bonds. The van der Waals surface area contributed by atoms with Crippen LogP contribution in [0.3, 0.4) is 0 Å². The smallest absolute Gasteiger partial charge is 0.283 e. The van der Waals surface area contributed by atoms with E-state index >= 15 is 0 Å². The van der Waals surface area contributed by atoms with Gasteiger partial charge in [0.25, 0.3) is 5.91 Å². The molecule has 7 nitrogen and oxygen atoms in total. The fourth-order valence-corrected chi connectivity index (χ4v) is 3.67. The molecule has 8 heteroatoms. The van der Waals surface area contributed by atoms with E-state index < -0.39 is 0 Å². The van der Waals surface area contributed by atoms with Crippen LogP contribution in [0, 0.1) is 0 Å². The van der Waals surface area contributed by atoms with Crippen molar-refractivity contribution >= 4 is 33.4 Å². The lowest BCUT2D eigenvalue weighted by molar-refractivity contribution is 0.0303. The van der Waals surface area contributed by atoms with Gasteiger partial charge < -0.3 is 19.3 Å². The molecule has 0 radical (unpaired) electrons. The zero-order valence-corrected chi connectivity index (χ0v) is 13.5. The lowest BCUT2D eigenvalue weighted by Crippen LogP contribution is -2.40. The second kappa shape index (κ2) is 6.38. The number of amides is 1. The summed E-state index contributed by atoms with van der Waals surface area (Å²) in [6.45, 7) is 5.58. The van der Waals surface area contributed by atoms with Gasteiger partial charge in [-0.3, -0.25) is 4.79 Å². The normalized spacial score (nSPS) is 19.3. The molecule has 2 aromatic heterocycles. The number of hydrogen-bond acceptors (Lipinski definition) is 7. The van der Waals surface area contributed by atoms with Gasteiger partial charge >= 0.3 is 0 Å². The second-order valence-electron chi connectivity index (χ2n) is 5.52. The highest BCUT2D eigenvalue weighted by atomic mass is 32.1. The van der Waals surface area contributed by atoms with Gasteiger partial charge in [-0.05, 0) is 12.1 Å². The Labute approximate surface area is 137 Å². The summed E-state index contributed by atoms with van der Waals surface area (Å²) in [5.41, 5.74) is 0.781. The Bertz CT molecular complexity index is 708. The minimum Gasteiger partial charge on any atom is -0.378 e. The zero-order chi connectivity index (χ0) is 15.6. The first-order valence-corrected chi connectivity index (χ1v) is 8.60. The summed E-state index contributed by atoms with van der Waals surface area (Å²) in [5.74, 6) is 0.902. The number of carbonyl (C=O) groups is 1. The van der Waals surface area contributed by atoms with Crippen LogP contribution in [0.15, 0.2) is 12.1 Å². The number of carbonyl (C=O) groups excluding carboxylic acids is 1. The number of anilines is 1. The number of ether oxygens (including phenoxy) is 2. The summed E-state index contributed by atoms with van der Waals surface area (Å²) in [4.78, 5) is 26.5. The van der Waals surface area contributed by atoms with Crippen LogP contribution < -0.4 is 4.90 Å². The highest BCUT2D eigenvalue weighted by Gasteiger charge is 2.22. The number of nitrogens with zero attached hydrogens (tertiary/aromatic N) is 4. The first-order valence-electron chi connectivity index (χ1n) is 7.78. The van der Waals surface area contributed by atoms with Crippen molar-refractivity contribution in [1.82, 2.24) is 14.9 Å².